The van der Waals surface area contributed by atoms with Gasteiger partial charge in [-0.1, -0.05) is 68.4 Å². The number of hydrogen-bond donors (Lipinski definition) is 3. The average molecular weight is 563 g/mol. The van der Waals surface area contributed by atoms with Crippen LogP contribution in [0, 0.1) is 6.92 Å². The lowest BCUT2D eigenvalue weighted by Crippen LogP contribution is -2.45. The molecule has 3 aromatic carbocycles. The van der Waals surface area contributed by atoms with Gasteiger partial charge in [0.25, 0.3) is 0 Å². The molecular weight excluding hydrogens is 528 g/mol. The molecular formula is C30H34N4O5S. The van der Waals surface area contributed by atoms with E-state index in [1.54, 1.807) is 32.9 Å². The normalized spacial score (nSPS) is 12.3. The molecule has 40 heavy (non-hydrogen) atoms. The van der Waals surface area contributed by atoms with Crippen molar-refractivity contribution in [3.05, 3.63) is 95.7 Å². The van der Waals surface area contributed by atoms with Gasteiger partial charge in [-0.2, -0.15) is 4.31 Å². The van der Waals surface area contributed by atoms with Crippen molar-refractivity contribution in [3.63, 3.8) is 0 Å². The lowest BCUT2D eigenvalue weighted by molar-refractivity contribution is -0.118. The summed E-state index contributed by atoms with van der Waals surface area (Å²) in [4.78, 5) is 29.6. The molecule has 0 saturated carbocycles. The molecule has 0 saturated heterocycles. The molecule has 1 atom stereocenters. The molecule has 0 radical (unpaired) electrons. The first-order valence-corrected chi connectivity index (χ1v) is 14.6. The molecule has 210 valence electrons. The Morgan fingerprint density at radius 2 is 1.68 bits per heavy atom. The lowest BCUT2D eigenvalue weighted by atomic mass is 10.0. The van der Waals surface area contributed by atoms with E-state index in [4.69, 9.17) is 4.74 Å². The summed E-state index contributed by atoms with van der Waals surface area (Å²) in [6.07, 6.45) is 1.26. The van der Waals surface area contributed by atoms with Gasteiger partial charge < -0.3 is 20.4 Å². The lowest BCUT2D eigenvalue weighted by Gasteiger charge is -2.21. The Morgan fingerprint density at radius 3 is 2.40 bits per heavy atom. The van der Waals surface area contributed by atoms with E-state index >= 15 is 0 Å². The zero-order valence-electron chi connectivity index (χ0n) is 22.8. The number of nitrogens with one attached hydrogen (secondary N) is 3. The Bertz CT molecular complexity index is 1580. The van der Waals surface area contributed by atoms with Crippen LogP contribution in [-0.2, 0) is 32.6 Å². The van der Waals surface area contributed by atoms with Crippen LogP contribution >= 0.6 is 0 Å². The van der Waals surface area contributed by atoms with Crippen molar-refractivity contribution >= 4 is 38.6 Å². The molecule has 1 heterocycles. The van der Waals surface area contributed by atoms with E-state index in [9.17, 15) is 18.0 Å². The van der Waals surface area contributed by atoms with E-state index in [-0.39, 0.29) is 17.9 Å². The van der Waals surface area contributed by atoms with E-state index in [0.717, 1.165) is 22.0 Å². The number of benzene rings is 3. The van der Waals surface area contributed by atoms with Crippen molar-refractivity contribution in [1.29, 1.82) is 0 Å². The number of ether oxygens (including phenoxy) is 1. The molecule has 1 aromatic heterocycles. The van der Waals surface area contributed by atoms with Crippen LogP contribution in [0.3, 0.4) is 0 Å². The maximum Gasteiger partial charge on any atom is 0.408 e. The van der Waals surface area contributed by atoms with E-state index < -0.39 is 28.1 Å². The van der Waals surface area contributed by atoms with Gasteiger partial charge in [0.1, 0.15) is 12.6 Å². The van der Waals surface area contributed by atoms with Gasteiger partial charge in [0.05, 0.1) is 4.90 Å². The summed E-state index contributed by atoms with van der Waals surface area (Å²) in [6, 6.07) is 20.7. The summed E-state index contributed by atoms with van der Waals surface area (Å²) >= 11 is 0. The molecule has 4 aromatic rings. The zero-order chi connectivity index (χ0) is 28.7. The first-order valence-electron chi connectivity index (χ1n) is 13.2. The minimum Gasteiger partial charge on any atom is -0.445 e. The maximum absolute atomic E-state index is 13.5. The quantitative estimate of drug-likeness (QED) is 0.238. The summed E-state index contributed by atoms with van der Waals surface area (Å²) in [5.74, 6) is -0.503. The third kappa shape index (κ3) is 6.70. The number of aryl methyl sites for hydroxylation is 1. The summed E-state index contributed by atoms with van der Waals surface area (Å²) in [5.41, 5.74) is 3.45. The second-order valence-corrected chi connectivity index (χ2v) is 11.3. The molecule has 0 bridgehead atoms. The number of anilines is 1. The fourth-order valence-electron chi connectivity index (χ4n) is 4.52. The van der Waals surface area contributed by atoms with Crippen molar-refractivity contribution < 1.29 is 22.7 Å². The topological polar surface area (TPSA) is 121 Å². The standard InChI is InChI=1S/C30H34N4O5S/c1-4-34(5-2)40(37,38)28-18-24(16-15-21(28)3)32-29(35)27(17-23-19-31-26-14-10-9-13-25(23)26)33-30(36)39-20-22-11-7-6-8-12-22/h6-16,18-19,27,31H,4-5,17,20H2,1-3H3,(H,32,35)(H,33,36)/t27-/m0/s1. The second-order valence-electron chi connectivity index (χ2n) is 9.38. The SMILES string of the molecule is CCN(CC)S(=O)(=O)c1cc(NC(=O)[C@H](Cc2c[nH]c3ccccc23)NC(=O)OCc2ccccc2)ccc1C. The molecule has 3 N–H and O–H groups in total. The molecule has 10 heteroatoms. The Balaban J connectivity index is 1.57. The van der Waals surface area contributed by atoms with Gasteiger partial charge >= 0.3 is 6.09 Å². The Morgan fingerprint density at radius 1 is 0.975 bits per heavy atom. The van der Waals surface area contributed by atoms with Crippen LogP contribution in [0.5, 0.6) is 0 Å². The molecule has 0 aliphatic rings. The predicted molar refractivity (Wildman–Crippen MR) is 155 cm³/mol. The van der Waals surface area contributed by atoms with E-state index in [1.807, 2.05) is 60.8 Å². The van der Waals surface area contributed by atoms with Crippen LogP contribution in [0.15, 0.2) is 83.9 Å². The number of para-hydroxylation sites is 1. The Hall–Kier alpha value is -4.15. The van der Waals surface area contributed by atoms with Crippen molar-refractivity contribution in [2.45, 2.75) is 44.7 Å². The Kier molecular flexibility index (Phi) is 9.23. The van der Waals surface area contributed by atoms with E-state index in [0.29, 0.717) is 24.3 Å². The number of aromatic nitrogens is 1. The van der Waals surface area contributed by atoms with Gasteiger partial charge in [0.15, 0.2) is 0 Å². The van der Waals surface area contributed by atoms with Gasteiger partial charge in [-0.15, -0.1) is 0 Å². The average Bonchev–Trinajstić information content (AvgIpc) is 3.36. The molecule has 4 rings (SSSR count). The highest BCUT2D eigenvalue weighted by molar-refractivity contribution is 7.89. The third-order valence-corrected chi connectivity index (χ3v) is 8.89. The van der Waals surface area contributed by atoms with Crippen molar-refractivity contribution in [2.24, 2.45) is 0 Å². The number of alkyl carbamates (subject to hydrolysis) is 1. The number of amides is 2. The number of hydrogen-bond acceptors (Lipinski definition) is 5. The number of rotatable bonds is 11. The molecule has 0 spiro atoms. The highest BCUT2D eigenvalue weighted by atomic mass is 32.2. The molecule has 9 nitrogen and oxygen atoms in total. The largest absolute Gasteiger partial charge is 0.445 e. The zero-order valence-corrected chi connectivity index (χ0v) is 23.6. The molecule has 0 aliphatic carbocycles. The number of nitrogens with zero attached hydrogens (tertiary/aromatic N) is 1. The monoisotopic (exact) mass is 562 g/mol. The summed E-state index contributed by atoms with van der Waals surface area (Å²) in [7, 11) is -3.74. The van der Waals surface area contributed by atoms with Crippen molar-refractivity contribution in [2.75, 3.05) is 18.4 Å². The van der Waals surface area contributed by atoms with Crippen LogP contribution < -0.4 is 10.6 Å². The van der Waals surface area contributed by atoms with Crippen LogP contribution in [0.1, 0.15) is 30.5 Å². The number of aromatic amines is 1. The first kappa shape index (κ1) is 28.8. The summed E-state index contributed by atoms with van der Waals surface area (Å²) in [5, 5.41) is 6.42. The maximum atomic E-state index is 13.5. The van der Waals surface area contributed by atoms with Crippen LogP contribution in [-0.4, -0.2) is 48.8 Å². The summed E-state index contributed by atoms with van der Waals surface area (Å²) < 4.78 is 33.1. The number of sulfonamides is 1. The van der Waals surface area contributed by atoms with Crippen LogP contribution in [0.4, 0.5) is 10.5 Å². The highest BCUT2D eigenvalue weighted by Crippen LogP contribution is 2.24. The minimum atomic E-state index is -3.74. The number of carbonyl (C=O) groups is 2. The fourth-order valence-corrected chi connectivity index (χ4v) is 6.23. The van der Waals surface area contributed by atoms with E-state index in [1.165, 1.54) is 10.4 Å². The fraction of sp³-hybridized carbons (Fsp3) is 0.267. The van der Waals surface area contributed by atoms with Crippen LogP contribution in [0.25, 0.3) is 10.9 Å². The summed E-state index contributed by atoms with van der Waals surface area (Å²) in [6.45, 7) is 5.98. The van der Waals surface area contributed by atoms with Crippen LogP contribution in [0.2, 0.25) is 0 Å². The van der Waals surface area contributed by atoms with Gasteiger partial charge in [-0.3, -0.25) is 4.79 Å². The van der Waals surface area contributed by atoms with Gasteiger partial charge in [-0.05, 0) is 41.8 Å². The van der Waals surface area contributed by atoms with Gasteiger partial charge in [-0.25, -0.2) is 13.2 Å². The van der Waals surface area contributed by atoms with Gasteiger partial charge in [0, 0.05) is 42.3 Å². The third-order valence-electron chi connectivity index (χ3n) is 6.70. The number of fused-ring (bicyclic) bond motifs is 1. The first-order chi connectivity index (χ1) is 19.2. The van der Waals surface area contributed by atoms with Crippen molar-refractivity contribution in [1.82, 2.24) is 14.6 Å². The van der Waals surface area contributed by atoms with E-state index in [2.05, 4.69) is 15.6 Å². The molecule has 0 aliphatic heterocycles. The van der Waals surface area contributed by atoms with Gasteiger partial charge in [0.2, 0.25) is 15.9 Å². The highest BCUT2D eigenvalue weighted by Gasteiger charge is 2.26. The molecule has 0 unspecified atom stereocenters. The Labute approximate surface area is 234 Å². The van der Waals surface area contributed by atoms with Crippen molar-refractivity contribution in [3.8, 4) is 0 Å². The number of H-pyrrole nitrogens is 1. The smallest absolute Gasteiger partial charge is 0.408 e. The second kappa shape index (κ2) is 12.8. The predicted octanol–water partition coefficient (Wildman–Crippen LogP) is 4.98. The number of carbonyl (C=O) groups excluding carboxylic acids is 2. The minimum absolute atomic E-state index is 0.0542. The molecule has 0 fully saturated rings. The molecule has 2 amide bonds.